The normalized spacial score (nSPS) is 27.8. The van der Waals surface area contributed by atoms with Crippen molar-refractivity contribution in [3.05, 3.63) is 29.8 Å². The Morgan fingerprint density at radius 1 is 1.19 bits per heavy atom. The zero-order chi connectivity index (χ0) is 22.9. The average Bonchev–Trinajstić information content (AvgIpc) is 3.13. The highest BCUT2D eigenvalue weighted by Gasteiger charge is 2.46. The first-order valence-corrected chi connectivity index (χ1v) is 11.6. The van der Waals surface area contributed by atoms with Gasteiger partial charge in [-0.1, -0.05) is 18.2 Å². The molecule has 0 aliphatic carbocycles. The molecule has 2 saturated heterocycles. The first-order chi connectivity index (χ1) is 15.2. The molecule has 1 aromatic carbocycles. The van der Waals surface area contributed by atoms with Crippen molar-refractivity contribution in [2.75, 3.05) is 32.8 Å². The minimum absolute atomic E-state index is 0.134. The summed E-state index contributed by atoms with van der Waals surface area (Å²) in [4.78, 5) is 30.5. The van der Waals surface area contributed by atoms with E-state index in [0.717, 1.165) is 24.3 Å². The van der Waals surface area contributed by atoms with E-state index >= 15 is 0 Å². The maximum absolute atomic E-state index is 13.5. The van der Waals surface area contributed by atoms with E-state index < -0.39 is 17.7 Å². The molecule has 176 valence electrons. The van der Waals surface area contributed by atoms with Crippen LogP contribution >= 0.6 is 0 Å². The van der Waals surface area contributed by atoms with Crippen molar-refractivity contribution in [1.29, 1.82) is 0 Å². The third-order valence-corrected chi connectivity index (χ3v) is 6.29. The number of nitrogens with zero attached hydrogens (tertiary/aromatic N) is 2. The highest BCUT2D eigenvalue weighted by atomic mass is 16.6. The molecule has 3 aliphatic rings. The Morgan fingerprint density at radius 3 is 2.72 bits per heavy atom. The number of nitrogens with one attached hydrogen (secondary N) is 1. The zero-order valence-electron chi connectivity index (χ0n) is 19.5. The Morgan fingerprint density at radius 2 is 1.97 bits per heavy atom. The van der Waals surface area contributed by atoms with Crippen molar-refractivity contribution in [3.63, 3.8) is 0 Å². The van der Waals surface area contributed by atoms with Gasteiger partial charge in [0, 0.05) is 44.3 Å². The predicted molar refractivity (Wildman–Crippen MR) is 120 cm³/mol. The summed E-state index contributed by atoms with van der Waals surface area (Å²) in [6.07, 6.45) is 1.24. The molecule has 0 spiro atoms. The number of benzene rings is 1. The highest BCUT2D eigenvalue weighted by molar-refractivity contribution is 5.86. The molecule has 0 radical (unpaired) electrons. The Bertz CT molecular complexity index is 839. The molecule has 32 heavy (non-hydrogen) atoms. The van der Waals surface area contributed by atoms with Gasteiger partial charge >= 0.3 is 6.09 Å². The summed E-state index contributed by atoms with van der Waals surface area (Å²) in [7, 11) is 0. The summed E-state index contributed by atoms with van der Waals surface area (Å²) in [5, 5.41) is 3.18. The van der Waals surface area contributed by atoms with Crippen LogP contribution in [0, 0.1) is 0 Å². The van der Waals surface area contributed by atoms with E-state index in [4.69, 9.17) is 14.2 Å². The van der Waals surface area contributed by atoms with Gasteiger partial charge in [-0.05, 0) is 40.2 Å². The molecular weight excluding hydrogens is 410 g/mol. The van der Waals surface area contributed by atoms with Gasteiger partial charge in [0.05, 0.1) is 18.8 Å². The van der Waals surface area contributed by atoms with Crippen LogP contribution in [-0.4, -0.2) is 78.4 Å². The van der Waals surface area contributed by atoms with Crippen LogP contribution in [0.15, 0.2) is 24.3 Å². The Kier molecular flexibility index (Phi) is 6.62. The lowest BCUT2D eigenvalue weighted by molar-refractivity contribution is -0.130. The second-order valence-corrected chi connectivity index (χ2v) is 9.81. The van der Waals surface area contributed by atoms with E-state index in [1.165, 1.54) is 0 Å². The number of carbonyl (C=O) groups is 2. The predicted octanol–water partition coefficient (Wildman–Crippen LogP) is 2.73. The van der Waals surface area contributed by atoms with E-state index in [9.17, 15) is 9.59 Å². The fourth-order valence-electron chi connectivity index (χ4n) is 4.89. The molecular formula is C24H35N3O5. The average molecular weight is 446 g/mol. The summed E-state index contributed by atoms with van der Waals surface area (Å²) >= 11 is 0. The van der Waals surface area contributed by atoms with Crippen molar-refractivity contribution in [3.8, 4) is 5.75 Å². The van der Waals surface area contributed by atoms with Crippen LogP contribution in [0.4, 0.5) is 4.79 Å². The third kappa shape index (κ3) is 5.02. The molecule has 8 nitrogen and oxygen atoms in total. The smallest absolute Gasteiger partial charge is 0.411 e. The molecule has 2 amide bonds. The molecule has 0 aromatic heterocycles. The number of carbonyl (C=O) groups excluding carboxylic acids is 2. The molecule has 1 aromatic rings. The highest BCUT2D eigenvalue weighted by Crippen LogP contribution is 2.33. The van der Waals surface area contributed by atoms with Crippen LogP contribution in [0.5, 0.6) is 5.75 Å². The van der Waals surface area contributed by atoms with Crippen LogP contribution in [0.2, 0.25) is 0 Å². The summed E-state index contributed by atoms with van der Waals surface area (Å²) in [5.41, 5.74) is 0.348. The second-order valence-electron chi connectivity index (χ2n) is 9.81. The third-order valence-electron chi connectivity index (χ3n) is 6.29. The lowest BCUT2D eigenvalue weighted by atomic mass is 9.99. The van der Waals surface area contributed by atoms with Gasteiger partial charge in [-0.3, -0.25) is 14.6 Å². The number of amides is 2. The van der Waals surface area contributed by atoms with Gasteiger partial charge in [-0.15, -0.1) is 0 Å². The maximum atomic E-state index is 13.5. The molecule has 3 heterocycles. The molecule has 0 bridgehead atoms. The number of para-hydroxylation sites is 1. The number of hydrogen-bond acceptors (Lipinski definition) is 6. The van der Waals surface area contributed by atoms with Crippen LogP contribution in [0.25, 0.3) is 0 Å². The quantitative estimate of drug-likeness (QED) is 0.768. The fraction of sp³-hybridized carbons (Fsp3) is 0.667. The largest absolute Gasteiger partial charge is 0.493 e. The summed E-state index contributed by atoms with van der Waals surface area (Å²) in [6.45, 7) is 10.4. The minimum atomic E-state index is -0.627. The van der Waals surface area contributed by atoms with Crippen molar-refractivity contribution >= 4 is 12.0 Å². The van der Waals surface area contributed by atoms with Crippen LogP contribution in [0.1, 0.15) is 52.1 Å². The summed E-state index contributed by atoms with van der Waals surface area (Å²) < 4.78 is 17.2. The fourth-order valence-corrected chi connectivity index (χ4v) is 4.89. The van der Waals surface area contributed by atoms with Crippen LogP contribution in [-0.2, 0) is 14.3 Å². The lowest BCUT2D eigenvalue weighted by Gasteiger charge is -2.43. The van der Waals surface area contributed by atoms with Crippen molar-refractivity contribution in [2.45, 2.75) is 70.4 Å². The van der Waals surface area contributed by atoms with E-state index in [2.05, 4.69) is 10.2 Å². The van der Waals surface area contributed by atoms with Gasteiger partial charge in [0.2, 0.25) is 5.91 Å². The number of hydrogen-bond donors (Lipinski definition) is 1. The van der Waals surface area contributed by atoms with Crippen LogP contribution in [0.3, 0.4) is 0 Å². The molecule has 0 unspecified atom stereocenters. The van der Waals surface area contributed by atoms with Gasteiger partial charge in [0.25, 0.3) is 0 Å². The SMILES string of the molecule is CCO[C@H]1C[C@@H]2CN(C(=O)OC(C)(C)C)[C@H](C(=O)N[C@@H]3CCOc4ccccc43)CN2C1. The van der Waals surface area contributed by atoms with Crippen molar-refractivity contribution in [2.24, 2.45) is 0 Å². The standard InChI is InChI=1S/C24H35N3O5/c1-5-30-17-12-16-13-27(23(29)32-24(2,3)4)20(15-26(16)14-17)22(28)25-19-10-11-31-21-9-7-6-8-18(19)21/h6-9,16-17,19-20H,5,10-15H2,1-4H3,(H,25,28)/t16-,17+,19-,20+/m1/s1. The van der Waals surface area contributed by atoms with E-state index in [-0.39, 0.29) is 24.1 Å². The van der Waals surface area contributed by atoms with Gasteiger partial charge in [0.1, 0.15) is 17.4 Å². The van der Waals surface area contributed by atoms with Gasteiger partial charge < -0.3 is 19.5 Å². The number of piperazine rings is 1. The molecule has 0 saturated carbocycles. The molecule has 4 atom stereocenters. The van der Waals surface area contributed by atoms with Gasteiger partial charge in [-0.2, -0.15) is 0 Å². The molecule has 2 fully saturated rings. The zero-order valence-corrected chi connectivity index (χ0v) is 19.5. The molecule has 1 N–H and O–H groups in total. The van der Waals surface area contributed by atoms with Crippen molar-refractivity contribution in [1.82, 2.24) is 15.1 Å². The molecule has 4 rings (SSSR count). The monoisotopic (exact) mass is 445 g/mol. The first-order valence-electron chi connectivity index (χ1n) is 11.6. The Balaban J connectivity index is 1.52. The Labute approximate surface area is 190 Å². The van der Waals surface area contributed by atoms with Gasteiger partial charge in [0.15, 0.2) is 0 Å². The summed E-state index contributed by atoms with van der Waals surface area (Å²) in [5.74, 6) is 0.645. The molecule has 8 heteroatoms. The van der Waals surface area contributed by atoms with E-state index in [1.807, 2.05) is 52.0 Å². The first kappa shape index (κ1) is 22.9. The van der Waals surface area contributed by atoms with Gasteiger partial charge in [-0.25, -0.2) is 4.79 Å². The topological polar surface area (TPSA) is 80.3 Å². The van der Waals surface area contributed by atoms with E-state index in [0.29, 0.717) is 32.7 Å². The maximum Gasteiger partial charge on any atom is 0.411 e. The van der Waals surface area contributed by atoms with Crippen LogP contribution < -0.4 is 10.1 Å². The number of fused-ring (bicyclic) bond motifs is 2. The molecule has 3 aliphatic heterocycles. The Hall–Kier alpha value is -2.32. The summed E-state index contributed by atoms with van der Waals surface area (Å²) in [6, 6.07) is 7.20. The number of ether oxygens (including phenoxy) is 3. The lowest BCUT2D eigenvalue weighted by Crippen LogP contribution is -2.63. The minimum Gasteiger partial charge on any atom is -0.493 e. The van der Waals surface area contributed by atoms with Crippen molar-refractivity contribution < 1.29 is 23.8 Å². The second kappa shape index (κ2) is 9.27. The van der Waals surface area contributed by atoms with E-state index in [1.54, 1.807) is 4.90 Å². The number of rotatable bonds is 4.